The number of para-hydroxylation sites is 1. The van der Waals surface area contributed by atoms with E-state index in [1.54, 1.807) is 6.20 Å². The second kappa shape index (κ2) is 8.53. The van der Waals surface area contributed by atoms with Gasteiger partial charge in [0, 0.05) is 18.7 Å². The summed E-state index contributed by atoms with van der Waals surface area (Å²) in [6.45, 7) is 1.96. The van der Waals surface area contributed by atoms with Gasteiger partial charge in [0.15, 0.2) is 10.9 Å². The molecule has 0 N–H and O–H groups in total. The van der Waals surface area contributed by atoms with Gasteiger partial charge in [0.25, 0.3) is 0 Å². The van der Waals surface area contributed by atoms with Crippen molar-refractivity contribution in [1.29, 1.82) is 0 Å². The van der Waals surface area contributed by atoms with Crippen molar-refractivity contribution in [3.63, 3.8) is 0 Å². The van der Waals surface area contributed by atoms with E-state index in [0.29, 0.717) is 16.7 Å². The molecule has 0 unspecified atom stereocenters. The Labute approximate surface area is 183 Å². The standard InChI is InChI=1S/C22H20ClN5OS/c23-17-10-4-5-11-18(17)28-21(27-12-6-7-13-27)25-26-22(28)30-15-20-24-14-19(29-20)16-8-2-1-3-9-16/h1-5,8-11,14H,6-7,12-13,15H2. The van der Waals surface area contributed by atoms with E-state index in [2.05, 4.69) is 20.1 Å². The lowest BCUT2D eigenvalue weighted by molar-refractivity contribution is 0.529. The molecule has 0 bridgehead atoms. The fourth-order valence-electron chi connectivity index (χ4n) is 3.56. The van der Waals surface area contributed by atoms with Crippen molar-refractivity contribution in [2.45, 2.75) is 23.8 Å². The van der Waals surface area contributed by atoms with Gasteiger partial charge in [0.2, 0.25) is 11.8 Å². The third kappa shape index (κ3) is 3.82. The van der Waals surface area contributed by atoms with Crippen LogP contribution in [0.3, 0.4) is 0 Å². The minimum Gasteiger partial charge on any atom is -0.440 e. The quantitative estimate of drug-likeness (QED) is 0.373. The van der Waals surface area contributed by atoms with Crippen molar-refractivity contribution in [3.05, 3.63) is 71.7 Å². The Morgan fingerprint density at radius 2 is 1.73 bits per heavy atom. The van der Waals surface area contributed by atoms with Crippen LogP contribution in [0.2, 0.25) is 5.02 Å². The summed E-state index contributed by atoms with van der Waals surface area (Å²) in [6, 6.07) is 17.8. The summed E-state index contributed by atoms with van der Waals surface area (Å²) in [4.78, 5) is 6.69. The van der Waals surface area contributed by atoms with Gasteiger partial charge >= 0.3 is 0 Å². The molecule has 8 heteroatoms. The van der Waals surface area contributed by atoms with Crippen LogP contribution in [0.4, 0.5) is 5.95 Å². The minimum absolute atomic E-state index is 0.551. The molecule has 2 aromatic heterocycles. The highest BCUT2D eigenvalue weighted by atomic mass is 35.5. The molecule has 5 rings (SSSR count). The first kappa shape index (κ1) is 19.2. The molecule has 1 aliphatic heterocycles. The largest absolute Gasteiger partial charge is 0.440 e. The zero-order chi connectivity index (χ0) is 20.3. The molecule has 4 aromatic rings. The van der Waals surface area contributed by atoms with E-state index >= 15 is 0 Å². The van der Waals surface area contributed by atoms with E-state index in [1.165, 1.54) is 11.8 Å². The van der Waals surface area contributed by atoms with Gasteiger partial charge in [-0.05, 0) is 25.0 Å². The highest BCUT2D eigenvalue weighted by Crippen LogP contribution is 2.33. The molecule has 0 saturated carbocycles. The summed E-state index contributed by atoms with van der Waals surface area (Å²) >= 11 is 8.06. The third-order valence-electron chi connectivity index (χ3n) is 5.04. The summed E-state index contributed by atoms with van der Waals surface area (Å²) in [7, 11) is 0. The fraction of sp³-hybridized carbons (Fsp3) is 0.227. The van der Waals surface area contributed by atoms with Crippen LogP contribution in [0.5, 0.6) is 0 Å². The zero-order valence-electron chi connectivity index (χ0n) is 16.2. The van der Waals surface area contributed by atoms with Crippen LogP contribution in [0.15, 0.2) is 70.4 Å². The first-order valence-electron chi connectivity index (χ1n) is 9.88. The predicted octanol–water partition coefficient (Wildman–Crippen LogP) is 5.47. The Morgan fingerprint density at radius 1 is 0.967 bits per heavy atom. The normalized spacial score (nSPS) is 13.8. The number of benzene rings is 2. The molecule has 3 heterocycles. The molecule has 1 aliphatic rings. The monoisotopic (exact) mass is 437 g/mol. The van der Waals surface area contributed by atoms with Crippen molar-refractivity contribution in [2.24, 2.45) is 0 Å². The Morgan fingerprint density at radius 3 is 2.53 bits per heavy atom. The number of nitrogens with zero attached hydrogens (tertiary/aromatic N) is 5. The summed E-state index contributed by atoms with van der Waals surface area (Å²) in [6.07, 6.45) is 4.09. The second-order valence-electron chi connectivity index (χ2n) is 7.04. The minimum atomic E-state index is 0.551. The van der Waals surface area contributed by atoms with Crippen LogP contribution in [0.25, 0.3) is 17.0 Å². The molecule has 1 fully saturated rings. The van der Waals surface area contributed by atoms with Crippen LogP contribution in [-0.2, 0) is 5.75 Å². The van der Waals surface area contributed by atoms with Crippen molar-refractivity contribution in [2.75, 3.05) is 18.0 Å². The van der Waals surface area contributed by atoms with E-state index in [4.69, 9.17) is 16.0 Å². The Hall–Kier alpha value is -2.77. The van der Waals surface area contributed by atoms with E-state index in [1.807, 2.05) is 59.2 Å². The van der Waals surface area contributed by atoms with Gasteiger partial charge in [-0.2, -0.15) is 0 Å². The zero-order valence-corrected chi connectivity index (χ0v) is 17.8. The van der Waals surface area contributed by atoms with Gasteiger partial charge < -0.3 is 9.32 Å². The van der Waals surface area contributed by atoms with Gasteiger partial charge in [-0.15, -0.1) is 10.2 Å². The highest BCUT2D eigenvalue weighted by Gasteiger charge is 2.23. The summed E-state index contributed by atoms with van der Waals surface area (Å²) in [5.74, 6) is 2.79. The maximum atomic E-state index is 6.52. The SMILES string of the molecule is Clc1ccccc1-n1c(SCc2ncc(-c3ccccc3)o2)nnc1N1CCCC1. The number of aromatic nitrogens is 4. The van der Waals surface area contributed by atoms with Gasteiger partial charge in [0.1, 0.15) is 0 Å². The molecule has 0 aliphatic carbocycles. The van der Waals surface area contributed by atoms with Crippen molar-refractivity contribution >= 4 is 29.3 Å². The maximum absolute atomic E-state index is 6.52. The van der Waals surface area contributed by atoms with Crippen molar-refractivity contribution < 1.29 is 4.42 Å². The van der Waals surface area contributed by atoms with Crippen LogP contribution in [0, 0.1) is 0 Å². The van der Waals surface area contributed by atoms with E-state index in [0.717, 1.165) is 54.0 Å². The molecule has 152 valence electrons. The molecular weight excluding hydrogens is 418 g/mol. The van der Waals surface area contributed by atoms with Crippen LogP contribution in [0.1, 0.15) is 18.7 Å². The summed E-state index contributed by atoms with van der Waals surface area (Å²) < 4.78 is 7.98. The lowest BCUT2D eigenvalue weighted by Crippen LogP contribution is -2.22. The van der Waals surface area contributed by atoms with Gasteiger partial charge in [-0.25, -0.2) is 4.98 Å². The smallest absolute Gasteiger partial charge is 0.232 e. The molecule has 30 heavy (non-hydrogen) atoms. The van der Waals surface area contributed by atoms with E-state index in [-0.39, 0.29) is 0 Å². The Bertz CT molecular complexity index is 1140. The highest BCUT2D eigenvalue weighted by molar-refractivity contribution is 7.98. The van der Waals surface area contributed by atoms with Gasteiger partial charge in [-0.3, -0.25) is 4.57 Å². The molecule has 2 aromatic carbocycles. The Balaban J connectivity index is 1.42. The average molecular weight is 438 g/mol. The van der Waals surface area contributed by atoms with Gasteiger partial charge in [-0.1, -0.05) is 65.8 Å². The molecular formula is C22H20ClN5OS. The molecule has 0 spiro atoms. The number of hydrogen-bond donors (Lipinski definition) is 0. The van der Waals surface area contributed by atoms with Crippen LogP contribution < -0.4 is 4.90 Å². The molecule has 0 atom stereocenters. The van der Waals surface area contributed by atoms with Crippen molar-refractivity contribution in [1.82, 2.24) is 19.7 Å². The lowest BCUT2D eigenvalue weighted by atomic mass is 10.2. The molecule has 1 saturated heterocycles. The van der Waals surface area contributed by atoms with Crippen molar-refractivity contribution in [3.8, 4) is 17.0 Å². The fourth-order valence-corrected chi connectivity index (χ4v) is 4.57. The number of thioether (sulfide) groups is 1. The maximum Gasteiger partial charge on any atom is 0.232 e. The Kier molecular flexibility index (Phi) is 5.46. The second-order valence-corrected chi connectivity index (χ2v) is 8.39. The molecule has 0 radical (unpaired) electrons. The number of hydrogen-bond acceptors (Lipinski definition) is 6. The first-order valence-corrected chi connectivity index (χ1v) is 11.2. The molecule has 6 nitrogen and oxygen atoms in total. The average Bonchev–Trinajstić information content (AvgIpc) is 3.53. The number of rotatable bonds is 6. The third-order valence-corrected chi connectivity index (χ3v) is 6.27. The molecule has 0 amide bonds. The predicted molar refractivity (Wildman–Crippen MR) is 119 cm³/mol. The van der Waals surface area contributed by atoms with Gasteiger partial charge in [0.05, 0.1) is 22.7 Å². The number of oxazole rings is 1. The van der Waals surface area contributed by atoms with E-state index in [9.17, 15) is 0 Å². The summed E-state index contributed by atoms with van der Waals surface area (Å²) in [5.41, 5.74) is 1.89. The first-order chi connectivity index (χ1) is 14.8. The van der Waals surface area contributed by atoms with E-state index < -0.39 is 0 Å². The lowest BCUT2D eigenvalue weighted by Gasteiger charge is -2.18. The van der Waals surface area contributed by atoms with Crippen LogP contribution >= 0.6 is 23.4 Å². The number of halogens is 1. The summed E-state index contributed by atoms with van der Waals surface area (Å²) in [5, 5.41) is 10.4. The topological polar surface area (TPSA) is 60.0 Å². The van der Waals surface area contributed by atoms with Crippen LogP contribution in [-0.4, -0.2) is 32.8 Å². The number of anilines is 1.